The second kappa shape index (κ2) is 16.5. The van der Waals surface area contributed by atoms with Crippen LogP contribution >= 0.6 is 11.8 Å². The number of allylic oxidation sites excluding steroid dienone is 11. The van der Waals surface area contributed by atoms with Crippen molar-refractivity contribution in [3.05, 3.63) is 274 Å². The van der Waals surface area contributed by atoms with Crippen molar-refractivity contribution in [3.63, 3.8) is 0 Å². The number of hydrogen-bond acceptors (Lipinski definition) is 2. The zero-order chi connectivity index (χ0) is 46.1. The Hall–Kier alpha value is -7.26. The van der Waals surface area contributed by atoms with E-state index in [-0.39, 0.29) is 5.25 Å². The Bertz CT molecular complexity index is 3440. The summed E-state index contributed by atoms with van der Waals surface area (Å²) in [6, 6.07) is 52.9. The van der Waals surface area contributed by atoms with Gasteiger partial charge in [0.25, 0.3) is 0 Å². The van der Waals surface area contributed by atoms with E-state index < -0.39 is 10.8 Å². The molecule has 3 unspecified atom stereocenters. The zero-order valence-corrected chi connectivity index (χ0v) is 39.5. The molecule has 1 nitrogen and oxygen atoms in total. The molecule has 3 atom stereocenters. The van der Waals surface area contributed by atoms with E-state index in [1.165, 1.54) is 88.7 Å². The minimum absolute atomic E-state index is 0.167. The Labute approximate surface area is 405 Å². The maximum atomic E-state index is 8.95. The summed E-state index contributed by atoms with van der Waals surface area (Å²) in [6.07, 6.45) is 27.8. The molecule has 2 heteroatoms. The van der Waals surface area contributed by atoms with E-state index in [9.17, 15) is 0 Å². The number of thioether (sulfide) groups is 1. The van der Waals surface area contributed by atoms with Crippen LogP contribution in [-0.2, 0) is 10.8 Å². The van der Waals surface area contributed by atoms with Crippen molar-refractivity contribution in [2.75, 3.05) is 0 Å². The second-order valence-corrected chi connectivity index (χ2v) is 20.2. The number of hydrogen-bond donors (Lipinski definition) is 1. The normalized spacial score (nSPS) is 19.4. The summed E-state index contributed by atoms with van der Waals surface area (Å²) in [4.78, 5) is 0. The molecule has 328 valence electrons. The lowest BCUT2D eigenvalue weighted by atomic mass is 9.49. The molecule has 5 aliphatic carbocycles. The molecule has 1 N–H and O–H groups in total. The van der Waals surface area contributed by atoms with Crippen molar-refractivity contribution in [1.82, 2.24) is 0 Å². The first-order valence-corrected chi connectivity index (χ1v) is 25.1. The molecule has 12 rings (SSSR count). The van der Waals surface area contributed by atoms with Gasteiger partial charge in [0.15, 0.2) is 0 Å². The molecule has 68 heavy (non-hydrogen) atoms. The van der Waals surface area contributed by atoms with Crippen LogP contribution in [0.1, 0.15) is 89.1 Å². The highest BCUT2D eigenvalue weighted by Crippen LogP contribution is 2.71. The molecule has 0 bridgehead atoms. The van der Waals surface area contributed by atoms with Crippen LogP contribution in [0.2, 0.25) is 0 Å². The molecule has 0 saturated heterocycles. The second-order valence-electron chi connectivity index (χ2n) is 18.8. The number of benzene rings is 7. The smallest absolute Gasteiger partial charge is 0.0948 e. The minimum Gasteiger partial charge on any atom is -0.293 e. The van der Waals surface area contributed by atoms with Gasteiger partial charge < -0.3 is 0 Å². The van der Waals surface area contributed by atoms with Crippen molar-refractivity contribution >= 4 is 39.7 Å². The maximum Gasteiger partial charge on any atom is 0.0948 e. The Balaban J connectivity index is 1.15. The molecule has 5 aliphatic rings. The van der Waals surface area contributed by atoms with Crippen LogP contribution in [0.3, 0.4) is 0 Å². The van der Waals surface area contributed by atoms with Gasteiger partial charge >= 0.3 is 0 Å². The van der Waals surface area contributed by atoms with Gasteiger partial charge in [0, 0.05) is 16.7 Å². The van der Waals surface area contributed by atoms with Crippen LogP contribution < -0.4 is 0 Å². The first-order chi connectivity index (χ1) is 33.5. The van der Waals surface area contributed by atoms with E-state index in [1.54, 1.807) is 17.8 Å². The summed E-state index contributed by atoms with van der Waals surface area (Å²) >= 11 is 1.55. The van der Waals surface area contributed by atoms with Crippen LogP contribution in [-0.4, -0.2) is 10.3 Å². The SMILES string of the molecule is C=C/C=C\C(C)SC(=N)c1ccc(-c2c(/C=C\C)c(C=C)c(-c3ccc4c(c3)C3(C5=CCCC=C5C45c4ccccc4-c4ccccc45)C4=CC=CCC4c4ccccc43)c3ccccc23)cc1. The molecule has 0 saturated carbocycles. The van der Waals surface area contributed by atoms with Crippen molar-refractivity contribution in [1.29, 1.82) is 5.41 Å². The van der Waals surface area contributed by atoms with Crippen LogP contribution in [0.25, 0.3) is 56.3 Å². The molecule has 7 aromatic rings. The third-order valence-corrected chi connectivity index (χ3v) is 16.5. The van der Waals surface area contributed by atoms with Gasteiger partial charge in [-0.3, -0.25) is 5.41 Å². The summed E-state index contributed by atoms with van der Waals surface area (Å²) in [6.45, 7) is 12.6. The van der Waals surface area contributed by atoms with Gasteiger partial charge in [-0.1, -0.05) is 225 Å². The number of fused-ring (bicyclic) bond motifs is 17. The van der Waals surface area contributed by atoms with Gasteiger partial charge in [0.2, 0.25) is 0 Å². The quantitative estimate of drug-likeness (QED) is 0.0917. The lowest BCUT2D eigenvalue weighted by molar-refractivity contribution is 0.584. The standard InChI is InChI=1S/C66H53NS/c1-5-8-22-42(4)68-64(67)44-37-35-43(36-38-44)62-51(21-6-2)46(7-3)63(53-28-10-9-27-52(53)62)45-39-40-60-61(41-45)66(56-31-17-13-25-49(56)50-26-14-18-32-57(50)66)59-34-20-19-33-58(59)65(60)54-29-15-11-23-47(54)48-24-12-16-30-55(48)65/h5-18,21-25,27-42,50,67H,1,3,19-20,26H2,2,4H3/b21-6-,22-8-,67-64?. The highest BCUT2D eigenvalue weighted by atomic mass is 32.2. The fourth-order valence-corrected chi connectivity index (χ4v) is 13.8. The van der Waals surface area contributed by atoms with Gasteiger partial charge in [0.05, 0.1) is 15.9 Å². The molecule has 0 heterocycles. The summed E-state index contributed by atoms with van der Waals surface area (Å²) in [5, 5.41) is 12.1. The predicted octanol–water partition coefficient (Wildman–Crippen LogP) is 17.3. The number of rotatable bonds is 8. The molecule has 2 spiro atoms. The topological polar surface area (TPSA) is 23.9 Å². The molecular weight excluding hydrogens is 839 g/mol. The van der Waals surface area contributed by atoms with E-state index in [1.807, 2.05) is 6.08 Å². The molecule has 0 amide bonds. The fraction of sp³-hybridized carbons (Fsp3) is 0.136. The van der Waals surface area contributed by atoms with Crippen LogP contribution in [0, 0.1) is 5.41 Å². The number of nitrogens with one attached hydrogen (secondary N) is 1. The largest absolute Gasteiger partial charge is 0.293 e. The van der Waals surface area contributed by atoms with E-state index in [0.717, 1.165) is 41.5 Å². The third-order valence-electron chi connectivity index (χ3n) is 15.5. The summed E-state index contributed by atoms with van der Waals surface area (Å²) in [7, 11) is 0. The molecule has 0 fully saturated rings. The van der Waals surface area contributed by atoms with E-state index in [0.29, 0.717) is 11.0 Å². The maximum absolute atomic E-state index is 8.95. The molecular formula is C66H53NS. The van der Waals surface area contributed by atoms with Crippen molar-refractivity contribution in [2.45, 2.75) is 55.1 Å². The lowest BCUT2D eigenvalue weighted by Gasteiger charge is -2.52. The zero-order valence-electron chi connectivity index (χ0n) is 38.7. The van der Waals surface area contributed by atoms with Crippen LogP contribution in [0.5, 0.6) is 0 Å². The predicted molar refractivity (Wildman–Crippen MR) is 292 cm³/mol. The average molecular weight is 892 g/mol. The Morgan fingerprint density at radius 3 is 1.97 bits per heavy atom. The van der Waals surface area contributed by atoms with Gasteiger partial charge in [-0.2, -0.15) is 0 Å². The van der Waals surface area contributed by atoms with Gasteiger partial charge in [0.1, 0.15) is 0 Å². The van der Waals surface area contributed by atoms with Gasteiger partial charge in [-0.15, -0.1) is 0 Å². The minimum atomic E-state index is -0.485. The van der Waals surface area contributed by atoms with Crippen molar-refractivity contribution < 1.29 is 0 Å². The fourth-order valence-electron chi connectivity index (χ4n) is 13.0. The summed E-state index contributed by atoms with van der Waals surface area (Å²) < 4.78 is 0. The van der Waals surface area contributed by atoms with E-state index in [2.05, 4.69) is 221 Å². The molecule has 0 aromatic heterocycles. The van der Waals surface area contributed by atoms with Crippen LogP contribution in [0.15, 0.2) is 224 Å². The highest BCUT2D eigenvalue weighted by molar-refractivity contribution is 8.14. The van der Waals surface area contributed by atoms with Gasteiger partial charge in [-0.05, 0) is 145 Å². The summed E-state index contributed by atoms with van der Waals surface area (Å²) in [5.41, 5.74) is 22.3. The monoisotopic (exact) mass is 891 g/mol. The van der Waals surface area contributed by atoms with Crippen LogP contribution in [0.4, 0.5) is 0 Å². The highest BCUT2D eigenvalue weighted by Gasteiger charge is 2.62. The Kier molecular flexibility index (Phi) is 10.2. The third kappa shape index (κ3) is 5.86. The average Bonchev–Trinajstić information content (AvgIpc) is 3.85. The Morgan fingerprint density at radius 1 is 0.676 bits per heavy atom. The summed E-state index contributed by atoms with van der Waals surface area (Å²) in [5.74, 6) is 0.297. The molecule has 7 aromatic carbocycles. The van der Waals surface area contributed by atoms with E-state index in [4.69, 9.17) is 5.41 Å². The molecule has 0 aliphatic heterocycles. The van der Waals surface area contributed by atoms with Crippen molar-refractivity contribution in [2.24, 2.45) is 0 Å². The van der Waals surface area contributed by atoms with Gasteiger partial charge in [-0.25, -0.2) is 0 Å². The molecule has 0 radical (unpaired) electrons. The van der Waals surface area contributed by atoms with E-state index >= 15 is 0 Å². The first-order valence-electron chi connectivity index (χ1n) is 24.2. The van der Waals surface area contributed by atoms with Crippen molar-refractivity contribution in [3.8, 4) is 33.4 Å². The lowest BCUT2D eigenvalue weighted by Crippen LogP contribution is -2.46. The Morgan fingerprint density at radius 2 is 1.29 bits per heavy atom. The first kappa shape index (κ1) is 42.1.